The first-order valence-electron chi connectivity index (χ1n) is 6.58. The van der Waals surface area contributed by atoms with Crippen molar-refractivity contribution in [3.8, 4) is 5.75 Å². The Morgan fingerprint density at radius 1 is 1.45 bits per heavy atom. The number of hydrogen-bond acceptors (Lipinski definition) is 3. The van der Waals surface area contributed by atoms with Crippen LogP contribution in [0.1, 0.15) is 20.8 Å². The molecule has 1 rings (SSSR count). The van der Waals surface area contributed by atoms with Crippen LogP contribution in [0.2, 0.25) is 0 Å². The molecule has 0 aliphatic heterocycles. The van der Waals surface area contributed by atoms with Crippen LogP contribution in [-0.2, 0) is 0 Å². The van der Waals surface area contributed by atoms with Gasteiger partial charge >= 0.3 is 6.03 Å². The maximum atomic E-state index is 13.6. The van der Waals surface area contributed by atoms with Gasteiger partial charge in [0.15, 0.2) is 11.6 Å². The number of amides is 2. The van der Waals surface area contributed by atoms with Crippen molar-refractivity contribution in [1.82, 2.24) is 5.32 Å². The number of nitrogens with one attached hydrogen (secondary N) is 2. The molecule has 112 valence electrons. The van der Waals surface area contributed by atoms with E-state index in [9.17, 15) is 9.18 Å². The average Bonchev–Trinajstić information content (AvgIpc) is 2.40. The van der Waals surface area contributed by atoms with Crippen LogP contribution in [0, 0.1) is 11.7 Å². The van der Waals surface area contributed by atoms with Crippen molar-refractivity contribution in [1.29, 1.82) is 0 Å². The van der Waals surface area contributed by atoms with Gasteiger partial charge in [0.05, 0.1) is 6.61 Å². The highest BCUT2D eigenvalue weighted by Gasteiger charge is 2.14. The number of carbonyl (C=O) groups excluding carboxylic acids is 1. The second-order valence-electron chi connectivity index (χ2n) is 4.63. The van der Waals surface area contributed by atoms with Crippen molar-refractivity contribution < 1.29 is 19.0 Å². The van der Waals surface area contributed by atoms with E-state index in [2.05, 4.69) is 10.6 Å². The Hall–Kier alpha value is -1.82. The molecule has 1 aromatic rings. The predicted octanol–water partition coefficient (Wildman–Crippen LogP) is 2.36. The first-order chi connectivity index (χ1) is 9.47. The number of anilines is 1. The van der Waals surface area contributed by atoms with Crippen LogP contribution < -0.4 is 15.4 Å². The number of benzene rings is 1. The molecular weight excluding hydrogens is 263 g/mol. The molecule has 0 fully saturated rings. The van der Waals surface area contributed by atoms with E-state index < -0.39 is 11.8 Å². The molecule has 0 bridgehead atoms. The monoisotopic (exact) mass is 284 g/mol. The Labute approximate surface area is 118 Å². The number of ether oxygens (including phenoxy) is 1. The molecule has 0 aliphatic rings. The molecule has 6 heteroatoms. The summed E-state index contributed by atoms with van der Waals surface area (Å²) in [4.78, 5) is 11.7. The average molecular weight is 284 g/mol. The summed E-state index contributed by atoms with van der Waals surface area (Å²) in [5, 5.41) is 14.2. The number of carbonyl (C=O) groups is 1. The summed E-state index contributed by atoms with van der Waals surface area (Å²) in [6.45, 7) is 5.74. The molecule has 0 aliphatic carbocycles. The zero-order valence-electron chi connectivity index (χ0n) is 11.9. The number of rotatable bonds is 6. The lowest BCUT2D eigenvalue weighted by molar-refractivity contribution is 0.204. The fraction of sp³-hybridized carbons (Fsp3) is 0.500. The van der Waals surface area contributed by atoms with Crippen LogP contribution in [0.25, 0.3) is 0 Å². The standard InChI is InChI=1S/C14H21FN2O3/c1-4-20-13-6-5-11(7-12(13)15)17-14(19)16-10(3)9(2)8-18/h5-7,9-10,18H,4,8H2,1-3H3,(H2,16,17,19). The van der Waals surface area contributed by atoms with E-state index in [4.69, 9.17) is 9.84 Å². The third kappa shape index (κ3) is 4.70. The summed E-state index contributed by atoms with van der Waals surface area (Å²) in [6.07, 6.45) is 0. The summed E-state index contributed by atoms with van der Waals surface area (Å²) in [6, 6.07) is 3.60. The zero-order chi connectivity index (χ0) is 15.1. The Morgan fingerprint density at radius 3 is 2.70 bits per heavy atom. The highest BCUT2D eigenvalue weighted by atomic mass is 19.1. The van der Waals surface area contributed by atoms with Crippen molar-refractivity contribution in [3.63, 3.8) is 0 Å². The van der Waals surface area contributed by atoms with E-state index in [0.717, 1.165) is 0 Å². The van der Waals surface area contributed by atoms with Crippen molar-refractivity contribution >= 4 is 11.7 Å². The van der Waals surface area contributed by atoms with Crippen LogP contribution >= 0.6 is 0 Å². The van der Waals surface area contributed by atoms with Gasteiger partial charge in [0, 0.05) is 24.4 Å². The largest absolute Gasteiger partial charge is 0.491 e. The van der Waals surface area contributed by atoms with Crippen LogP contribution in [0.15, 0.2) is 18.2 Å². The van der Waals surface area contributed by atoms with Gasteiger partial charge in [-0.3, -0.25) is 0 Å². The van der Waals surface area contributed by atoms with Gasteiger partial charge < -0.3 is 20.5 Å². The SMILES string of the molecule is CCOc1ccc(NC(=O)NC(C)C(C)CO)cc1F. The molecule has 20 heavy (non-hydrogen) atoms. The summed E-state index contributed by atoms with van der Waals surface area (Å²) >= 11 is 0. The molecular formula is C14H21FN2O3. The van der Waals surface area contributed by atoms with E-state index in [1.165, 1.54) is 12.1 Å². The molecule has 0 heterocycles. The Balaban J connectivity index is 2.60. The molecule has 5 nitrogen and oxygen atoms in total. The molecule has 1 aromatic carbocycles. The van der Waals surface area contributed by atoms with Crippen molar-refractivity contribution in [2.45, 2.75) is 26.8 Å². The second kappa shape index (κ2) is 7.69. The number of aliphatic hydroxyl groups excluding tert-OH is 1. The summed E-state index contributed by atoms with van der Waals surface area (Å²) in [7, 11) is 0. The quantitative estimate of drug-likeness (QED) is 0.751. The van der Waals surface area contributed by atoms with Crippen LogP contribution in [0.5, 0.6) is 5.75 Å². The predicted molar refractivity (Wildman–Crippen MR) is 75.4 cm³/mol. The first-order valence-corrected chi connectivity index (χ1v) is 6.58. The first kappa shape index (κ1) is 16.2. The van der Waals surface area contributed by atoms with Gasteiger partial charge in [-0.05, 0) is 31.9 Å². The summed E-state index contributed by atoms with van der Waals surface area (Å²) < 4.78 is 18.7. The minimum atomic E-state index is -0.526. The number of hydrogen-bond donors (Lipinski definition) is 3. The fourth-order valence-electron chi connectivity index (χ4n) is 1.53. The van der Waals surface area contributed by atoms with Crippen LogP contribution in [-0.4, -0.2) is 30.4 Å². The molecule has 2 unspecified atom stereocenters. The van der Waals surface area contributed by atoms with Gasteiger partial charge in [0.2, 0.25) is 0 Å². The lowest BCUT2D eigenvalue weighted by Crippen LogP contribution is -2.40. The number of aliphatic hydroxyl groups is 1. The summed E-state index contributed by atoms with van der Waals surface area (Å²) in [5.74, 6) is -0.431. The number of urea groups is 1. The van der Waals surface area contributed by atoms with Crippen LogP contribution in [0.4, 0.5) is 14.9 Å². The van der Waals surface area contributed by atoms with E-state index >= 15 is 0 Å². The molecule has 0 radical (unpaired) electrons. The molecule has 0 spiro atoms. The van der Waals surface area contributed by atoms with Crippen molar-refractivity contribution in [2.24, 2.45) is 5.92 Å². The van der Waals surface area contributed by atoms with E-state index in [-0.39, 0.29) is 24.3 Å². The van der Waals surface area contributed by atoms with Gasteiger partial charge in [-0.15, -0.1) is 0 Å². The van der Waals surface area contributed by atoms with Crippen molar-refractivity contribution in [3.05, 3.63) is 24.0 Å². The van der Waals surface area contributed by atoms with E-state index in [0.29, 0.717) is 12.3 Å². The Bertz CT molecular complexity index is 454. The molecule has 2 amide bonds. The van der Waals surface area contributed by atoms with Gasteiger partial charge in [-0.25, -0.2) is 9.18 Å². The molecule has 2 atom stereocenters. The highest BCUT2D eigenvalue weighted by molar-refractivity contribution is 5.89. The topological polar surface area (TPSA) is 70.6 Å². The summed E-state index contributed by atoms with van der Waals surface area (Å²) in [5.41, 5.74) is 0.340. The lowest BCUT2D eigenvalue weighted by atomic mass is 10.1. The van der Waals surface area contributed by atoms with Crippen LogP contribution in [0.3, 0.4) is 0 Å². The Morgan fingerprint density at radius 2 is 2.15 bits per heavy atom. The fourth-order valence-corrected chi connectivity index (χ4v) is 1.53. The highest BCUT2D eigenvalue weighted by Crippen LogP contribution is 2.21. The Kier molecular flexibility index (Phi) is 6.24. The van der Waals surface area contributed by atoms with Gasteiger partial charge in [0.25, 0.3) is 0 Å². The van der Waals surface area contributed by atoms with Gasteiger partial charge in [0.1, 0.15) is 0 Å². The lowest BCUT2D eigenvalue weighted by Gasteiger charge is -2.19. The van der Waals surface area contributed by atoms with Crippen molar-refractivity contribution in [2.75, 3.05) is 18.5 Å². The van der Waals surface area contributed by atoms with E-state index in [1.807, 2.05) is 6.92 Å². The maximum Gasteiger partial charge on any atom is 0.319 e. The van der Waals surface area contributed by atoms with E-state index in [1.54, 1.807) is 19.9 Å². The molecule has 0 saturated carbocycles. The third-order valence-corrected chi connectivity index (χ3v) is 2.99. The maximum absolute atomic E-state index is 13.6. The smallest absolute Gasteiger partial charge is 0.319 e. The minimum Gasteiger partial charge on any atom is -0.491 e. The molecule has 0 saturated heterocycles. The third-order valence-electron chi connectivity index (χ3n) is 2.99. The van der Waals surface area contributed by atoms with Gasteiger partial charge in [-0.1, -0.05) is 6.92 Å². The minimum absolute atomic E-state index is 0.0148. The number of halogens is 1. The zero-order valence-corrected chi connectivity index (χ0v) is 11.9. The van der Waals surface area contributed by atoms with Gasteiger partial charge in [-0.2, -0.15) is 0 Å². The second-order valence-corrected chi connectivity index (χ2v) is 4.63. The molecule has 3 N–H and O–H groups in total. The molecule has 0 aromatic heterocycles. The normalized spacial score (nSPS) is 13.4.